The lowest BCUT2D eigenvalue weighted by atomic mass is 9.92. The molecule has 0 heterocycles. The molecule has 0 aliphatic carbocycles. The van der Waals surface area contributed by atoms with Crippen molar-refractivity contribution in [2.45, 2.75) is 0 Å². The van der Waals surface area contributed by atoms with Gasteiger partial charge in [0.05, 0.1) is 0 Å². The number of hydrogen-bond acceptors (Lipinski definition) is 1. The minimum atomic E-state index is -0.0391. The Morgan fingerprint density at radius 2 is 1.17 bits per heavy atom. The number of allylic oxidation sites excluding steroid dienone is 1. The molecule has 0 radical (unpaired) electrons. The molecule has 0 aliphatic rings. The maximum Gasteiger partial charge on any atom is 0.186 e. The topological polar surface area (TPSA) is 17.1 Å². The van der Waals surface area contributed by atoms with Crippen molar-refractivity contribution < 1.29 is 4.79 Å². The second-order valence-corrected chi connectivity index (χ2v) is 8.54. The Hall–Kier alpha value is -2.75. The molecule has 4 aromatic rings. The fraction of sp³-hybridized carbons (Fsp3) is 0. The highest BCUT2D eigenvalue weighted by atomic mass is 79.9. The van der Waals surface area contributed by atoms with E-state index in [1.54, 1.807) is 6.08 Å². The lowest BCUT2D eigenvalue weighted by Gasteiger charge is -2.13. The largest absolute Gasteiger partial charge is 0.289 e. The second kappa shape index (κ2) is 9.38. The van der Waals surface area contributed by atoms with Crippen molar-refractivity contribution in [1.82, 2.24) is 0 Å². The van der Waals surface area contributed by atoms with Crippen LogP contribution in [0.3, 0.4) is 0 Å². The van der Waals surface area contributed by atoms with Crippen LogP contribution < -0.4 is 0 Å². The van der Waals surface area contributed by atoms with Gasteiger partial charge in [-0.3, -0.25) is 4.79 Å². The van der Waals surface area contributed by atoms with E-state index in [2.05, 4.69) is 68.3 Å². The van der Waals surface area contributed by atoms with Crippen molar-refractivity contribution >= 4 is 43.7 Å². The predicted molar refractivity (Wildman–Crippen MR) is 133 cm³/mol. The second-order valence-electron chi connectivity index (χ2n) is 6.83. The highest BCUT2D eigenvalue weighted by molar-refractivity contribution is 9.10. The van der Waals surface area contributed by atoms with Crippen LogP contribution in [0.25, 0.3) is 28.3 Å². The summed E-state index contributed by atoms with van der Waals surface area (Å²) in [6.07, 6.45) is 3.49. The van der Waals surface area contributed by atoms with Gasteiger partial charge in [-0.05, 0) is 64.2 Å². The molecule has 0 atom stereocenters. The average Bonchev–Trinajstić information content (AvgIpc) is 2.79. The number of carbonyl (C=O) groups excluding carboxylic acids is 1. The van der Waals surface area contributed by atoms with Gasteiger partial charge in [-0.25, -0.2) is 0 Å². The van der Waals surface area contributed by atoms with Gasteiger partial charge in [-0.2, -0.15) is 0 Å². The molecule has 0 saturated carbocycles. The summed E-state index contributed by atoms with van der Waals surface area (Å²) in [4.78, 5) is 12.7. The predicted octanol–water partition coefficient (Wildman–Crippen LogP) is 8.44. The zero-order chi connectivity index (χ0) is 20.9. The van der Waals surface area contributed by atoms with Gasteiger partial charge >= 0.3 is 0 Å². The molecule has 0 spiro atoms. The Morgan fingerprint density at radius 3 is 1.77 bits per heavy atom. The molecule has 146 valence electrons. The third-order valence-corrected chi connectivity index (χ3v) is 6.24. The molecule has 0 unspecified atom stereocenters. The van der Waals surface area contributed by atoms with E-state index in [4.69, 9.17) is 0 Å². The van der Waals surface area contributed by atoms with E-state index in [1.807, 2.05) is 66.7 Å². The molecule has 0 amide bonds. The summed E-state index contributed by atoms with van der Waals surface area (Å²) in [5.74, 6) is -0.0391. The molecule has 1 nitrogen and oxygen atoms in total. The van der Waals surface area contributed by atoms with Crippen LogP contribution in [0, 0.1) is 0 Å². The molecule has 3 heteroatoms. The fourth-order valence-corrected chi connectivity index (χ4v) is 4.30. The third-order valence-electron chi connectivity index (χ3n) is 4.86. The van der Waals surface area contributed by atoms with Crippen LogP contribution >= 0.6 is 31.9 Å². The van der Waals surface area contributed by atoms with Crippen LogP contribution in [0.4, 0.5) is 0 Å². The van der Waals surface area contributed by atoms with Gasteiger partial charge in [0.25, 0.3) is 0 Å². The first kappa shape index (κ1) is 20.5. The third kappa shape index (κ3) is 4.53. The van der Waals surface area contributed by atoms with Gasteiger partial charge in [-0.1, -0.05) is 105 Å². The van der Waals surface area contributed by atoms with Crippen molar-refractivity contribution in [1.29, 1.82) is 0 Å². The number of halogens is 2. The normalized spacial score (nSPS) is 11.0. The van der Waals surface area contributed by atoms with Gasteiger partial charge in [0, 0.05) is 14.5 Å². The number of carbonyl (C=O) groups is 1. The van der Waals surface area contributed by atoms with E-state index in [-0.39, 0.29) is 5.78 Å². The Kier molecular flexibility index (Phi) is 6.41. The Balaban J connectivity index is 1.78. The van der Waals surface area contributed by atoms with Crippen LogP contribution in [0.15, 0.2) is 112 Å². The minimum absolute atomic E-state index is 0.0391. The number of rotatable bonds is 5. The Labute approximate surface area is 193 Å². The molecule has 0 saturated heterocycles. The Bertz CT molecular complexity index is 1210. The fourth-order valence-electron chi connectivity index (χ4n) is 3.35. The van der Waals surface area contributed by atoms with E-state index in [1.165, 1.54) is 0 Å². The SMILES string of the molecule is O=C(/C=C/c1cc(-c2ccccc2)c(-c2ccccc2)cc1Br)c1ccccc1Br. The maximum atomic E-state index is 12.7. The van der Waals surface area contributed by atoms with Crippen molar-refractivity contribution in [3.63, 3.8) is 0 Å². The van der Waals surface area contributed by atoms with Crippen molar-refractivity contribution in [3.05, 3.63) is 123 Å². The van der Waals surface area contributed by atoms with E-state index in [9.17, 15) is 4.79 Å². The van der Waals surface area contributed by atoms with Crippen molar-refractivity contribution in [2.24, 2.45) is 0 Å². The highest BCUT2D eigenvalue weighted by Gasteiger charge is 2.12. The van der Waals surface area contributed by atoms with Crippen LogP contribution in [0.1, 0.15) is 15.9 Å². The van der Waals surface area contributed by atoms with Crippen LogP contribution in [-0.2, 0) is 0 Å². The summed E-state index contributed by atoms with van der Waals surface area (Å²) in [6.45, 7) is 0. The van der Waals surface area contributed by atoms with E-state index in [0.717, 1.165) is 36.8 Å². The maximum absolute atomic E-state index is 12.7. The first-order chi connectivity index (χ1) is 14.6. The van der Waals surface area contributed by atoms with Gasteiger partial charge in [0.15, 0.2) is 5.78 Å². The van der Waals surface area contributed by atoms with Crippen LogP contribution in [0.2, 0.25) is 0 Å². The zero-order valence-electron chi connectivity index (χ0n) is 16.1. The smallest absolute Gasteiger partial charge is 0.186 e. The summed E-state index contributed by atoms with van der Waals surface area (Å²) in [6, 6.07) is 32.4. The van der Waals surface area contributed by atoms with Crippen LogP contribution in [0.5, 0.6) is 0 Å². The quantitative estimate of drug-likeness (QED) is 0.192. The minimum Gasteiger partial charge on any atom is -0.289 e. The van der Waals surface area contributed by atoms with Crippen molar-refractivity contribution in [3.8, 4) is 22.3 Å². The Morgan fingerprint density at radius 1 is 0.633 bits per heavy atom. The van der Waals surface area contributed by atoms with E-state index in [0.29, 0.717) is 5.56 Å². The molecule has 4 rings (SSSR count). The summed E-state index contributed by atoms with van der Waals surface area (Å²) in [5.41, 5.74) is 6.15. The molecule has 30 heavy (non-hydrogen) atoms. The molecule has 0 aliphatic heterocycles. The summed E-state index contributed by atoms with van der Waals surface area (Å²) in [7, 11) is 0. The highest BCUT2D eigenvalue weighted by Crippen LogP contribution is 2.37. The molecule has 4 aromatic carbocycles. The van der Waals surface area contributed by atoms with Gasteiger partial charge in [0.2, 0.25) is 0 Å². The summed E-state index contributed by atoms with van der Waals surface area (Å²) < 4.78 is 1.74. The lowest BCUT2D eigenvalue weighted by Crippen LogP contribution is -1.95. The summed E-state index contributed by atoms with van der Waals surface area (Å²) in [5, 5.41) is 0. The molecule has 0 N–H and O–H groups in total. The van der Waals surface area contributed by atoms with Crippen molar-refractivity contribution in [2.75, 3.05) is 0 Å². The number of hydrogen-bond donors (Lipinski definition) is 0. The molecule has 0 fully saturated rings. The monoisotopic (exact) mass is 516 g/mol. The van der Waals surface area contributed by atoms with Crippen LogP contribution in [-0.4, -0.2) is 5.78 Å². The number of benzene rings is 4. The van der Waals surface area contributed by atoms with E-state index < -0.39 is 0 Å². The first-order valence-corrected chi connectivity index (χ1v) is 11.1. The molecular weight excluding hydrogens is 500 g/mol. The number of ketones is 1. The van der Waals surface area contributed by atoms with E-state index >= 15 is 0 Å². The lowest BCUT2D eigenvalue weighted by molar-refractivity contribution is 0.104. The average molecular weight is 518 g/mol. The first-order valence-electron chi connectivity index (χ1n) is 9.55. The standard InChI is InChI=1S/C27H18Br2O/c28-25-14-8-7-13-22(25)27(30)16-15-21-17-23(19-9-3-1-4-10-19)24(18-26(21)29)20-11-5-2-6-12-20/h1-18H/b16-15+. The van der Waals surface area contributed by atoms with Gasteiger partial charge in [-0.15, -0.1) is 0 Å². The zero-order valence-corrected chi connectivity index (χ0v) is 19.2. The molecular formula is C27H18Br2O. The molecule has 0 bridgehead atoms. The summed E-state index contributed by atoms with van der Waals surface area (Å²) >= 11 is 7.15. The van der Waals surface area contributed by atoms with Gasteiger partial charge < -0.3 is 0 Å². The molecule has 0 aromatic heterocycles. The van der Waals surface area contributed by atoms with Gasteiger partial charge in [0.1, 0.15) is 0 Å².